The molecular weight excluding hydrogens is 498 g/mol. The van der Waals surface area contributed by atoms with Gasteiger partial charge < -0.3 is 15.4 Å². The molecule has 34 heavy (non-hydrogen) atoms. The predicted octanol–water partition coefficient (Wildman–Crippen LogP) is 4.48. The van der Waals surface area contributed by atoms with Crippen LogP contribution in [0.4, 0.5) is 5.95 Å². The normalized spacial score (nSPS) is 19.8. The molecule has 1 aliphatic rings. The van der Waals surface area contributed by atoms with Crippen LogP contribution in [0.2, 0.25) is 0 Å². The molecule has 3 aromatic heterocycles. The van der Waals surface area contributed by atoms with Crippen molar-refractivity contribution in [3.05, 3.63) is 59.6 Å². The molecule has 5 rings (SSSR count). The number of hydrogen-bond donors (Lipinski definition) is 2. The molecule has 1 saturated carbocycles. The van der Waals surface area contributed by atoms with Gasteiger partial charge in [-0.05, 0) is 59.5 Å². The third kappa shape index (κ3) is 4.33. The molecule has 0 aliphatic heterocycles. The third-order valence-electron chi connectivity index (χ3n) is 6.18. The van der Waals surface area contributed by atoms with Crippen molar-refractivity contribution in [1.82, 2.24) is 30.0 Å². The van der Waals surface area contributed by atoms with Crippen molar-refractivity contribution >= 4 is 38.8 Å². The van der Waals surface area contributed by atoms with Crippen LogP contribution in [-0.4, -0.2) is 43.7 Å². The summed E-state index contributed by atoms with van der Waals surface area (Å²) in [6.45, 7) is 2.00. The maximum Gasteiger partial charge on any atom is 0.225 e. The number of amides is 1. The molecule has 0 spiro atoms. The Balaban J connectivity index is 1.42. The van der Waals surface area contributed by atoms with Crippen LogP contribution in [0.1, 0.15) is 26.2 Å². The standard InChI is InChI=1S/C24H24BrN7O2/c1-24(22(33)26-2)9-6-15(13-24)29-23-28-14-19-20(25)31-32(21(19)30-23)16-4-3-5-18(12-16)34-17-7-10-27-11-8-17/h3-5,7-8,10-12,14-15H,6,9,13H2,1-2H3,(H,26,33)(H,28,29,30)/t15-,24-/m1/s1. The van der Waals surface area contributed by atoms with E-state index in [1.807, 2.05) is 31.2 Å². The van der Waals surface area contributed by atoms with Gasteiger partial charge in [0.1, 0.15) is 16.1 Å². The van der Waals surface area contributed by atoms with Crippen molar-refractivity contribution in [2.24, 2.45) is 5.41 Å². The molecule has 10 heteroatoms. The number of nitrogens with zero attached hydrogens (tertiary/aromatic N) is 5. The first-order chi connectivity index (χ1) is 16.4. The summed E-state index contributed by atoms with van der Waals surface area (Å²) in [6, 6.07) is 11.4. The maximum atomic E-state index is 12.3. The zero-order valence-electron chi connectivity index (χ0n) is 18.8. The number of benzene rings is 1. The number of fused-ring (bicyclic) bond motifs is 1. The second-order valence-electron chi connectivity index (χ2n) is 8.64. The summed E-state index contributed by atoms with van der Waals surface area (Å²) in [5.41, 5.74) is 1.09. The minimum Gasteiger partial charge on any atom is -0.457 e. The fourth-order valence-corrected chi connectivity index (χ4v) is 4.83. The predicted molar refractivity (Wildman–Crippen MR) is 132 cm³/mol. The lowest BCUT2D eigenvalue weighted by Crippen LogP contribution is -2.35. The van der Waals surface area contributed by atoms with Gasteiger partial charge in [-0.2, -0.15) is 10.1 Å². The van der Waals surface area contributed by atoms with Gasteiger partial charge in [-0.25, -0.2) is 9.67 Å². The van der Waals surface area contributed by atoms with E-state index in [1.165, 1.54) is 0 Å². The van der Waals surface area contributed by atoms with Crippen LogP contribution < -0.4 is 15.4 Å². The van der Waals surface area contributed by atoms with Gasteiger partial charge in [-0.3, -0.25) is 9.78 Å². The fourth-order valence-electron chi connectivity index (χ4n) is 4.39. The highest BCUT2D eigenvalue weighted by Gasteiger charge is 2.40. The summed E-state index contributed by atoms with van der Waals surface area (Å²) in [7, 11) is 1.68. The number of carbonyl (C=O) groups is 1. The Labute approximate surface area is 205 Å². The number of anilines is 1. The van der Waals surface area contributed by atoms with Crippen molar-refractivity contribution in [2.75, 3.05) is 12.4 Å². The van der Waals surface area contributed by atoms with Gasteiger partial charge in [-0.15, -0.1) is 0 Å². The molecule has 1 aliphatic carbocycles. The van der Waals surface area contributed by atoms with E-state index in [-0.39, 0.29) is 17.4 Å². The van der Waals surface area contributed by atoms with E-state index in [9.17, 15) is 4.79 Å². The van der Waals surface area contributed by atoms with E-state index in [0.29, 0.717) is 27.7 Å². The number of nitrogens with one attached hydrogen (secondary N) is 2. The zero-order chi connectivity index (χ0) is 23.7. The molecular formula is C24H24BrN7O2. The van der Waals surface area contributed by atoms with Crippen LogP contribution in [0.15, 0.2) is 59.6 Å². The highest BCUT2D eigenvalue weighted by Crippen LogP contribution is 2.39. The molecule has 9 nitrogen and oxygen atoms in total. The van der Waals surface area contributed by atoms with Gasteiger partial charge in [0, 0.05) is 43.2 Å². The molecule has 0 radical (unpaired) electrons. The Morgan fingerprint density at radius 1 is 1.24 bits per heavy atom. The molecule has 1 aromatic carbocycles. The summed E-state index contributed by atoms with van der Waals surface area (Å²) in [5, 5.41) is 11.6. The SMILES string of the molecule is CNC(=O)[C@]1(C)CC[C@@H](Nc2ncc3c(Br)nn(-c4cccc(Oc5ccncc5)c4)c3n2)C1. The largest absolute Gasteiger partial charge is 0.457 e. The van der Waals surface area contributed by atoms with Gasteiger partial charge in [0.25, 0.3) is 0 Å². The van der Waals surface area contributed by atoms with E-state index in [0.717, 1.165) is 30.3 Å². The van der Waals surface area contributed by atoms with Crippen LogP contribution in [0.3, 0.4) is 0 Å². The lowest BCUT2D eigenvalue weighted by atomic mass is 9.87. The maximum absolute atomic E-state index is 12.3. The van der Waals surface area contributed by atoms with Gasteiger partial charge in [-0.1, -0.05) is 13.0 Å². The van der Waals surface area contributed by atoms with Crippen LogP contribution in [0.5, 0.6) is 11.5 Å². The number of ether oxygens (including phenoxy) is 1. The molecule has 2 atom stereocenters. The van der Waals surface area contributed by atoms with Crippen molar-refractivity contribution in [3.63, 3.8) is 0 Å². The van der Waals surface area contributed by atoms with Crippen LogP contribution >= 0.6 is 15.9 Å². The summed E-state index contributed by atoms with van der Waals surface area (Å²) >= 11 is 3.52. The lowest BCUT2D eigenvalue weighted by molar-refractivity contribution is -0.129. The minimum atomic E-state index is -0.378. The Kier molecular flexibility index (Phi) is 5.91. The molecule has 1 amide bonds. The lowest BCUT2D eigenvalue weighted by Gasteiger charge is -2.22. The Morgan fingerprint density at radius 3 is 2.85 bits per heavy atom. The summed E-state index contributed by atoms with van der Waals surface area (Å²) in [5.74, 6) is 1.96. The molecule has 4 aromatic rings. The number of pyridine rings is 1. The van der Waals surface area contributed by atoms with Crippen LogP contribution in [0, 0.1) is 5.41 Å². The highest BCUT2D eigenvalue weighted by molar-refractivity contribution is 9.10. The highest BCUT2D eigenvalue weighted by atomic mass is 79.9. The first-order valence-electron chi connectivity index (χ1n) is 11.0. The van der Waals surface area contributed by atoms with Crippen molar-refractivity contribution < 1.29 is 9.53 Å². The molecule has 174 valence electrons. The van der Waals surface area contributed by atoms with Gasteiger partial charge in [0.2, 0.25) is 11.9 Å². The molecule has 0 bridgehead atoms. The molecule has 1 fully saturated rings. The minimum absolute atomic E-state index is 0.0732. The van der Waals surface area contributed by atoms with Crippen molar-refractivity contribution in [1.29, 1.82) is 0 Å². The molecule has 3 heterocycles. The van der Waals surface area contributed by atoms with E-state index in [2.05, 4.69) is 41.6 Å². The van der Waals surface area contributed by atoms with Crippen molar-refractivity contribution in [3.8, 4) is 17.2 Å². The summed E-state index contributed by atoms with van der Waals surface area (Å²) < 4.78 is 8.36. The number of halogens is 1. The van der Waals surface area contributed by atoms with E-state index in [1.54, 1.807) is 42.5 Å². The number of rotatable bonds is 6. The average Bonchev–Trinajstić information content (AvgIpc) is 3.39. The van der Waals surface area contributed by atoms with Crippen LogP contribution in [0.25, 0.3) is 16.7 Å². The Morgan fingerprint density at radius 2 is 2.06 bits per heavy atom. The van der Waals surface area contributed by atoms with E-state index >= 15 is 0 Å². The Hall–Kier alpha value is -3.53. The second-order valence-corrected chi connectivity index (χ2v) is 9.39. The van der Waals surface area contributed by atoms with Gasteiger partial charge in [0.05, 0.1) is 11.1 Å². The molecule has 0 saturated heterocycles. The monoisotopic (exact) mass is 521 g/mol. The van der Waals surface area contributed by atoms with Crippen molar-refractivity contribution in [2.45, 2.75) is 32.2 Å². The second kappa shape index (κ2) is 9.02. The number of carbonyl (C=O) groups excluding carboxylic acids is 1. The first-order valence-corrected chi connectivity index (χ1v) is 11.8. The average molecular weight is 522 g/mol. The smallest absolute Gasteiger partial charge is 0.225 e. The first kappa shape index (κ1) is 22.3. The number of hydrogen-bond acceptors (Lipinski definition) is 7. The van der Waals surface area contributed by atoms with E-state index < -0.39 is 0 Å². The number of aromatic nitrogens is 5. The quantitative estimate of drug-likeness (QED) is 0.385. The summed E-state index contributed by atoms with van der Waals surface area (Å²) in [6.07, 6.45) is 7.55. The topological polar surface area (TPSA) is 107 Å². The van der Waals surface area contributed by atoms with Crippen LogP contribution in [-0.2, 0) is 4.79 Å². The zero-order valence-corrected chi connectivity index (χ0v) is 20.4. The Bertz CT molecular complexity index is 1340. The summed E-state index contributed by atoms with van der Waals surface area (Å²) in [4.78, 5) is 25.5. The van der Waals surface area contributed by atoms with E-state index in [4.69, 9.17) is 9.72 Å². The fraction of sp³-hybridized carbons (Fsp3) is 0.292. The van der Waals surface area contributed by atoms with Gasteiger partial charge >= 0.3 is 0 Å². The van der Waals surface area contributed by atoms with Gasteiger partial charge in [0.15, 0.2) is 5.65 Å². The molecule has 0 unspecified atom stereocenters. The third-order valence-corrected chi connectivity index (χ3v) is 6.76. The molecule has 2 N–H and O–H groups in total.